The van der Waals surface area contributed by atoms with E-state index in [2.05, 4.69) is 5.10 Å². The smallest absolute Gasteiger partial charge is 0.435 e. The van der Waals surface area contributed by atoms with Crippen molar-refractivity contribution in [3.05, 3.63) is 58.7 Å². The number of ether oxygens (including phenoxy) is 1. The maximum atomic E-state index is 13.7. The van der Waals surface area contributed by atoms with Crippen molar-refractivity contribution < 1.29 is 22.7 Å². The zero-order chi connectivity index (χ0) is 22.3. The number of esters is 1. The number of fused-ring (bicyclic) bond motifs is 1. The molecule has 7 nitrogen and oxygen atoms in total. The number of benzene rings is 1. The van der Waals surface area contributed by atoms with Gasteiger partial charge >= 0.3 is 12.1 Å². The van der Waals surface area contributed by atoms with Crippen LogP contribution in [0.1, 0.15) is 45.8 Å². The molecule has 31 heavy (non-hydrogen) atoms. The van der Waals surface area contributed by atoms with Crippen LogP contribution in [0.25, 0.3) is 11.4 Å². The van der Waals surface area contributed by atoms with Crippen molar-refractivity contribution in [3.63, 3.8) is 0 Å². The van der Waals surface area contributed by atoms with Gasteiger partial charge in [-0.25, -0.2) is 9.48 Å². The first-order valence-electron chi connectivity index (χ1n) is 9.55. The maximum absolute atomic E-state index is 13.7. The summed E-state index contributed by atoms with van der Waals surface area (Å²) in [5.74, 6) is -0.771. The second kappa shape index (κ2) is 7.50. The van der Waals surface area contributed by atoms with Crippen molar-refractivity contribution in [2.24, 2.45) is 0 Å². The van der Waals surface area contributed by atoms with E-state index < -0.39 is 17.8 Å². The Kier molecular flexibility index (Phi) is 4.97. The second-order valence-corrected chi connectivity index (χ2v) is 7.16. The topological polar surface area (TPSA) is 98.9 Å². The minimum absolute atomic E-state index is 0.0497. The van der Waals surface area contributed by atoms with Gasteiger partial charge in [-0.05, 0) is 37.8 Å². The number of halogens is 3. The highest BCUT2D eigenvalue weighted by Crippen LogP contribution is 2.38. The van der Waals surface area contributed by atoms with Crippen LogP contribution in [-0.4, -0.2) is 27.4 Å². The molecule has 10 heteroatoms. The van der Waals surface area contributed by atoms with Gasteiger partial charge in [-0.15, -0.1) is 0 Å². The number of nitrogens with zero attached hydrogens (tertiary/aromatic N) is 4. The number of aromatic nitrogens is 3. The van der Waals surface area contributed by atoms with Crippen LogP contribution in [0, 0.1) is 11.3 Å². The van der Waals surface area contributed by atoms with Crippen LogP contribution in [0.5, 0.6) is 0 Å². The number of nitriles is 1. The van der Waals surface area contributed by atoms with Crippen LogP contribution in [0.4, 0.5) is 18.9 Å². The summed E-state index contributed by atoms with van der Waals surface area (Å²) in [6.45, 7) is 0. The lowest BCUT2D eigenvalue weighted by Gasteiger charge is -2.17. The summed E-state index contributed by atoms with van der Waals surface area (Å²) in [6.07, 6.45) is -1.05. The van der Waals surface area contributed by atoms with Gasteiger partial charge in [-0.2, -0.15) is 23.5 Å². The second-order valence-electron chi connectivity index (χ2n) is 7.16. The minimum atomic E-state index is -4.58. The van der Waals surface area contributed by atoms with Crippen molar-refractivity contribution in [2.45, 2.75) is 31.9 Å². The maximum Gasteiger partial charge on any atom is 0.435 e. The Bertz CT molecular complexity index is 1220. The average molecular weight is 429 g/mol. The Balaban J connectivity index is 1.99. The molecule has 2 N–H and O–H groups in total. The molecule has 3 aromatic rings. The summed E-state index contributed by atoms with van der Waals surface area (Å²) >= 11 is 0. The van der Waals surface area contributed by atoms with Crippen molar-refractivity contribution >= 4 is 11.7 Å². The number of nitrogens with two attached hydrogens (primary N) is 1. The molecule has 0 unspecified atom stereocenters. The van der Waals surface area contributed by atoms with Gasteiger partial charge in [0, 0.05) is 17.5 Å². The van der Waals surface area contributed by atoms with E-state index in [4.69, 9.17) is 10.5 Å². The number of para-hydroxylation sites is 2. The molecule has 0 aliphatic heterocycles. The largest absolute Gasteiger partial charge is 0.464 e. The van der Waals surface area contributed by atoms with E-state index in [1.54, 1.807) is 24.3 Å². The van der Waals surface area contributed by atoms with Gasteiger partial charge in [0.25, 0.3) is 0 Å². The molecule has 0 radical (unpaired) electrons. The molecular weight excluding hydrogens is 411 g/mol. The van der Waals surface area contributed by atoms with Crippen LogP contribution >= 0.6 is 0 Å². The zero-order valence-corrected chi connectivity index (χ0v) is 16.5. The standard InChI is InChI=1S/C21H18F3N5O2/c1-31-20(30)18-17(26)12(10-25)11-28(18)15-8-4-5-9-16(15)29-14-7-3-2-6-13(14)19(27-29)21(22,23)24/h4-5,8-9,11H,2-3,6-7,26H2,1H3. The third kappa shape index (κ3) is 3.32. The molecular formula is C21H18F3N5O2. The molecule has 1 aromatic carbocycles. The SMILES string of the molecule is COC(=O)c1c(N)c(C#N)cn1-c1ccccc1-n1nc(C(F)(F)F)c2c1CCCC2. The Labute approximate surface area is 175 Å². The molecule has 0 bridgehead atoms. The minimum Gasteiger partial charge on any atom is -0.464 e. The highest BCUT2D eigenvalue weighted by Gasteiger charge is 2.40. The molecule has 1 aliphatic carbocycles. The third-order valence-electron chi connectivity index (χ3n) is 5.36. The number of rotatable bonds is 3. The average Bonchev–Trinajstić information content (AvgIpc) is 3.31. The first kappa shape index (κ1) is 20.5. The number of methoxy groups -OCH3 is 1. The van der Waals surface area contributed by atoms with Crippen molar-refractivity contribution in [3.8, 4) is 17.4 Å². The summed E-state index contributed by atoms with van der Waals surface area (Å²) in [7, 11) is 1.18. The van der Waals surface area contributed by atoms with Gasteiger partial charge in [0.2, 0.25) is 0 Å². The molecule has 0 saturated carbocycles. The van der Waals surface area contributed by atoms with Crippen LogP contribution in [0.2, 0.25) is 0 Å². The molecule has 0 spiro atoms. The van der Waals surface area contributed by atoms with E-state index in [-0.39, 0.29) is 22.5 Å². The van der Waals surface area contributed by atoms with Crippen molar-refractivity contribution in [2.75, 3.05) is 12.8 Å². The quantitative estimate of drug-likeness (QED) is 0.639. The Hall–Kier alpha value is -3.74. The van der Waals surface area contributed by atoms with Crippen LogP contribution in [0.15, 0.2) is 30.5 Å². The summed E-state index contributed by atoms with van der Waals surface area (Å²) in [5, 5.41) is 13.3. The molecule has 0 saturated heterocycles. The van der Waals surface area contributed by atoms with Gasteiger partial charge in [-0.3, -0.25) is 0 Å². The summed E-state index contributed by atoms with van der Waals surface area (Å²) < 4.78 is 48.4. The monoisotopic (exact) mass is 429 g/mol. The lowest BCUT2D eigenvalue weighted by Crippen LogP contribution is -2.14. The molecule has 0 fully saturated rings. The fraction of sp³-hybridized carbons (Fsp3) is 0.286. The lowest BCUT2D eigenvalue weighted by molar-refractivity contribution is -0.142. The number of carbonyl (C=O) groups is 1. The van der Waals surface area contributed by atoms with E-state index in [1.165, 1.54) is 22.6 Å². The molecule has 1 aliphatic rings. The van der Waals surface area contributed by atoms with Gasteiger partial charge < -0.3 is 15.0 Å². The first-order valence-corrected chi connectivity index (χ1v) is 9.55. The summed E-state index contributed by atoms with van der Waals surface area (Å²) in [4.78, 5) is 12.4. The van der Waals surface area contributed by atoms with Crippen LogP contribution in [-0.2, 0) is 23.8 Å². The van der Waals surface area contributed by atoms with E-state index in [1.807, 2.05) is 6.07 Å². The van der Waals surface area contributed by atoms with E-state index in [0.29, 0.717) is 36.3 Å². The van der Waals surface area contributed by atoms with E-state index in [9.17, 15) is 23.2 Å². The molecule has 4 rings (SSSR count). The number of hydrogen-bond donors (Lipinski definition) is 1. The summed E-state index contributed by atoms with van der Waals surface area (Å²) in [5.41, 5.74) is 6.36. The molecule has 160 valence electrons. The highest BCUT2D eigenvalue weighted by atomic mass is 19.4. The normalized spacial score (nSPS) is 13.5. The van der Waals surface area contributed by atoms with E-state index in [0.717, 1.165) is 6.42 Å². The predicted molar refractivity (Wildman–Crippen MR) is 105 cm³/mol. The Morgan fingerprint density at radius 2 is 1.90 bits per heavy atom. The third-order valence-corrected chi connectivity index (χ3v) is 5.36. The van der Waals surface area contributed by atoms with Gasteiger partial charge in [0.1, 0.15) is 6.07 Å². The predicted octanol–water partition coefficient (Wildman–Crippen LogP) is 3.80. The molecule has 0 amide bonds. The highest BCUT2D eigenvalue weighted by molar-refractivity contribution is 5.96. The number of carbonyl (C=O) groups excluding carboxylic acids is 1. The van der Waals surface area contributed by atoms with Crippen molar-refractivity contribution in [1.29, 1.82) is 5.26 Å². The summed E-state index contributed by atoms with van der Waals surface area (Å²) in [6, 6.07) is 8.48. The fourth-order valence-corrected chi connectivity index (χ4v) is 3.98. The fourth-order valence-electron chi connectivity index (χ4n) is 3.98. The number of anilines is 1. The molecule has 2 heterocycles. The molecule has 0 atom stereocenters. The van der Waals surface area contributed by atoms with Crippen LogP contribution in [0.3, 0.4) is 0 Å². The Morgan fingerprint density at radius 3 is 2.55 bits per heavy atom. The number of hydrogen-bond acceptors (Lipinski definition) is 5. The van der Waals surface area contributed by atoms with Crippen molar-refractivity contribution in [1.82, 2.24) is 14.3 Å². The zero-order valence-electron chi connectivity index (χ0n) is 16.5. The lowest BCUT2D eigenvalue weighted by atomic mass is 9.95. The van der Waals surface area contributed by atoms with Crippen LogP contribution < -0.4 is 5.73 Å². The Morgan fingerprint density at radius 1 is 1.23 bits per heavy atom. The first-order chi connectivity index (χ1) is 14.8. The van der Waals surface area contributed by atoms with E-state index >= 15 is 0 Å². The number of alkyl halides is 3. The number of nitrogen functional groups attached to an aromatic ring is 1. The van der Waals surface area contributed by atoms with Gasteiger partial charge in [0.05, 0.1) is 29.7 Å². The molecule has 2 aromatic heterocycles. The van der Waals surface area contributed by atoms with Gasteiger partial charge in [0.15, 0.2) is 11.4 Å². The van der Waals surface area contributed by atoms with Gasteiger partial charge in [-0.1, -0.05) is 12.1 Å².